The lowest BCUT2D eigenvalue weighted by Crippen LogP contribution is -2.10. The average molecular weight is 233 g/mol. The van der Waals surface area contributed by atoms with E-state index in [1.54, 1.807) is 6.20 Å². The molecule has 0 aliphatic heterocycles. The third kappa shape index (κ3) is 3.12. The molecule has 2 aromatic rings. The van der Waals surface area contributed by atoms with E-state index in [0.29, 0.717) is 0 Å². The van der Waals surface area contributed by atoms with Gasteiger partial charge in [0, 0.05) is 6.04 Å². The molecular weight excluding hydrogens is 218 g/mol. The second-order valence-electron chi connectivity index (χ2n) is 3.82. The molecule has 1 aromatic carbocycles. The summed E-state index contributed by atoms with van der Waals surface area (Å²) >= 11 is 1.22. The van der Waals surface area contributed by atoms with Crippen molar-refractivity contribution in [2.75, 3.05) is 0 Å². The SMILES string of the molecule is NC(CCCc1ccccc1)c1cnsn1. The first-order valence-corrected chi connectivity index (χ1v) is 6.16. The third-order valence-electron chi connectivity index (χ3n) is 2.58. The highest BCUT2D eigenvalue weighted by Crippen LogP contribution is 2.15. The number of benzene rings is 1. The van der Waals surface area contributed by atoms with Gasteiger partial charge in [-0.25, -0.2) is 0 Å². The van der Waals surface area contributed by atoms with E-state index in [9.17, 15) is 0 Å². The second-order valence-corrected chi connectivity index (χ2v) is 4.37. The topological polar surface area (TPSA) is 51.8 Å². The van der Waals surface area contributed by atoms with Gasteiger partial charge >= 0.3 is 0 Å². The van der Waals surface area contributed by atoms with Gasteiger partial charge in [-0.1, -0.05) is 30.3 Å². The fourth-order valence-corrected chi connectivity index (χ4v) is 2.13. The molecule has 1 atom stereocenters. The lowest BCUT2D eigenvalue weighted by atomic mass is 10.0. The zero-order valence-corrected chi connectivity index (χ0v) is 9.86. The Bertz CT molecular complexity index is 399. The molecule has 0 radical (unpaired) electrons. The van der Waals surface area contributed by atoms with E-state index in [4.69, 9.17) is 5.73 Å². The number of aryl methyl sites for hydroxylation is 1. The first-order valence-electron chi connectivity index (χ1n) is 5.43. The normalized spacial score (nSPS) is 12.6. The second kappa shape index (κ2) is 5.72. The molecule has 2 N–H and O–H groups in total. The molecule has 0 amide bonds. The first kappa shape index (κ1) is 11.2. The standard InChI is InChI=1S/C12H15N3S/c13-11(12-9-14-16-15-12)8-4-7-10-5-2-1-3-6-10/h1-3,5-6,9,11H,4,7-8,13H2. The van der Waals surface area contributed by atoms with E-state index in [-0.39, 0.29) is 6.04 Å². The van der Waals surface area contributed by atoms with Crippen LogP contribution >= 0.6 is 11.7 Å². The van der Waals surface area contributed by atoms with E-state index < -0.39 is 0 Å². The average Bonchev–Trinajstić information content (AvgIpc) is 2.84. The number of rotatable bonds is 5. The molecule has 1 heterocycles. The van der Waals surface area contributed by atoms with Crippen LogP contribution in [-0.2, 0) is 6.42 Å². The zero-order valence-electron chi connectivity index (χ0n) is 9.04. The van der Waals surface area contributed by atoms with Crippen molar-refractivity contribution in [3.05, 3.63) is 47.8 Å². The minimum absolute atomic E-state index is 0.0301. The maximum atomic E-state index is 6.01. The Morgan fingerprint density at radius 3 is 2.75 bits per heavy atom. The van der Waals surface area contributed by atoms with Crippen molar-refractivity contribution >= 4 is 11.7 Å². The van der Waals surface area contributed by atoms with Crippen molar-refractivity contribution in [2.45, 2.75) is 25.3 Å². The van der Waals surface area contributed by atoms with E-state index in [2.05, 4.69) is 33.0 Å². The van der Waals surface area contributed by atoms with Crippen LogP contribution in [-0.4, -0.2) is 8.75 Å². The monoisotopic (exact) mass is 233 g/mol. The van der Waals surface area contributed by atoms with Crippen LogP contribution in [0.2, 0.25) is 0 Å². The highest BCUT2D eigenvalue weighted by molar-refractivity contribution is 6.99. The molecule has 0 fully saturated rings. The largest absolute Gasteiger partial charge is 0.323 e. The summed E-state index contributed by atoms with van der Waals surface area (Å²) in [6, 6.07) is 10.5. The molecule has 0 spiro atoms. The minimum atomic E-state index is 0.0301. The number of aromatic nitrogens is 2. The van der Waals surface area contributed by atoms with Gasteiger partial charge in [-0.2, -0.15) is 8.75 Å². The Kier molecular flexibility index (Phi) is 4.02. The van der Waals surface area contributed by atoms with E-state index >= 15 is 0 Å². The summed E-state index contributed by atoms with van der Waals surface area (Å²) in [6.07, 6.45) is 4.88. The van der Waals surface area contributed by atoms with Crippen molar-refractivity contribution in [2.24, 2.45) is 5.73 Å². The van der Waals surface area contributed by atoms with Gasteiger partial charge in [0.05, 0.1) is 23.6 Å². The molecular formula is C12H15N3S. The van der Waals surface area contributed by atoms with Crippen molar-refractivity contribution in [1.29, 1.82) is 0 Å². The van der Waals surface area contributed by atoms with Crippen LogP contribution in [0.1, 0.15) is 30.1 Å². The number of nitrogens with two attached hydrogens (primary N) is 1. The molecule has 84 valence electrons. The summed E-state index contributed by atoms with van der Waals surface area (Å²) in [4.78, 5) is 0. The molecule has 0 bridgehead atoms. The fraction of sp³-hybridized carbons (Fsp3) is 0.333. The Morgan fingerprint density at radius 1 is 1.25 bits per heavy atom. The smallest absolute Gasteiger partial charge is 0.0910 e. The fourth-order valence-electron chi connectivity index (χ4n) is 1.65. The molecule has 0 aliphatic carbocycles. The Labute approximate surface area is 99.6 Å². The lowest BCUT2D eigenvalue weighted by molar-refractivity contribution is 0.601. The number of nitrogens with zero attached hydrogens (tertiary/aromatic N) is 2. The highest BCUT2D eigenvalue weighted by atomic mass is 32.1. The van der Waals surface area contributed by atoms with Crippen molar-refractivity contribution in [1.82, 2.24) is 8.75 Å². The zero-order chi connectivity index (χ0) is 11.2. The van der Waals surface area contributed by atoms with Gasteiger partial charge in [0.15, 0.2) is 0 Å². The molecule has 1 unspecified atom stereocenters. The van der Waals surface area contributed by atoms with Gasteiger partial charge in [0.1, 0.15) is 0 Å². The van der Waals surface area contributed by atoms with E-state index in [1.165, 1.54) is 17.3 Å². The van der Waals surface area contributed by atoms with Gasteiger partial charge in [-0.3, -0.25) is 0 Å². The number of hydrogen-bond acceptors (Lipinski definition) is 4. The molecule has 0 saturated heterocycles. The number of hydrogen-bond donors (Lipinski definition) is 1. The maximum absolute atomic E-state index is 6.01. The Morgan fingerprint density at radius 2 is 2.06 bits per heavy atom. The van der Waals surface area contributed by atoms with Crippen molar-refractivity contribution < 1.29 is 0 Å². The Balaban J connectivity index is 1.76. The molecule has 4 heteroatoms. The van der Waals surface area contributed by atoms with Crippen molar-refractivity contribution in [3.8, 4) is 0 Å². The van der Waals surface area contributed by atoms with Crippen LogP contribution in [0.15, 0.2) is 36.5 Å². The molecule has 3 nitrogen and oxygen atoms in total. The molecule has 2 rings (SSSR count). The summed E-state index contributed by atoms with van der Waals surface area (Å²) in [5.74, 6) is 0. The maximum Gasteiger partial charge on any atom is 0.0910 e. The molecule has 1 aromatic heterocycles. The van der Waals surface area contributed by atoms with Crippen molar-refractivity contribution in [3.63, 3.8) is 0 Å². The van der Waals surface area contributed by atoms with Crippen LogP contribution in [0.5, 0.6) is 0 Å². The van der Waals surface area contributed by atoms with E-state index in [0.717, 1.165) is 25.0 Å². The van der Waals surface area contributed by atoms with Gasteiger partial charge in [-0.15, -0.1) is 0 Å². The molecule has 0 saturated carbocycles. The van der Waals surface area contributed by atoms with Crippen LogP contribution in [0.25, 0.3) is 0 Å². The third-order valence-corrected chi connectivity index (χ3v) is 3.07. The first-order chi connectivity index (χ1) is 7.86. The van der Waals surface area contributed by atoms with Crippen LogP contribution in [0.4, 0.5) is 0 Å². The van der Waals surface area contributed by atoms with Crippen LogP contribution in [0.3, 0.4) is 0 Å². The summed E-state index contributed by atoms with van der Waals surface area (Å²) in [5, 5.41) is 0. The van der Waals surface area contributed by atoms with Gasteiger partial charge in [0.2, 0.25) is 0 Å². The summed E-state index contributed by atoms with van der Waals surface area (Å²) in [6.45, 7) is 0. The quantitative estimate of drug-likeness (QED) is 0.863. The van der Waals surface area contributed by atoms with Gasteiger partial charge < -0.3 is 5.73 Å². The van der Waals surface area contributed by atoms with Gasteiger partial charge in [0.25, 0.3) is 0 Å². The molecule has 0 aliphatic rings. The Hall–Kier alpha value is -1.26. The van der Waals surface area contributed by atoms with Gasteiger partial charge in [-0.05, 0) is 24.8 Å². The van der Waals surface area contributed by atoms with E-state index in [1.807, 2.05) is 6.07 Å². The summed E-state index contributed by atoms with van der Waals surface area (Å²) in [5.41, 5.74) is 8.29. The van der Waals surface area contributed by atoms with Crippen LogP contribution < -0.4 is 5.73 Å². The minimum Gasteiger partial charge on any atom is -0.323 e. The predicted molar refractivity (Wildman–Crippen MR) is 66.2 cm³/mol. The highest BCUT2D eigenvalue weighted by Gasteiger charge is 2.08. The summed E-state index contributed by atoms with van der Waals surface area (Å²) < 4.78 is 8.11. The molecule has 16 heavy (non-hydrogen) atoms. The summed E-state index contributed by atoms with van der Waals surface area (Å²) in [7, 11) is 0. The lowest BCUT2D eigenvalue weighted by Gasteiger charge is -2.07. The predicted octanol–water partition coefficient (Wildman–Crippen LogP) is 2.56. The van der Waals surface area contributed by atoms with Crippen LogP contribution in [0, 0.1) is 0 Å².